The van der Waals surface area contributed by atoms with Crippen LogP contribution in [0.3, 0.4) is 0 Å². The molecular weight excluding hydrogens is 476 g/mol. The van der Waals surface area contributed by atoms with E-state index in [1.807, 2.05) is 54.9 Å². The van der Waals surface area contributed by atoms with Gasteiger partial charge in [0.25, 0.3) is 5.91 Å². The van der Waals surface area contributed by atoms with Crippen LogP contribution >= 0.6 is 0 Å². The Hall–Kier alpha value is -4.30. The van der Waals surface area contributed by atoms with Crippen LogP contribution in [0.15, 0.2) is 73.3 Å². The fraction of sp³-hybridized carbons (Fsp3) is 0.267. The first-order chi connectivity index (χ1) is 18.7. The van der Waals surface area contributed by atoms with Crippen molar-refractivity contribution in [2.75, 3.05) is 42.6 Å². The number of nitrogens with one attached hydrogen (secondary N) is 1. The number of carbonyl (C=O) groups excluding carboxylic acids is 1. The Kier molecular flexibility index (Phi) is 6.71. The Labute approximate surface area is 222 Å². The van der Waals surface area contributed by atoms with Crippen molar-refractivity contribution in [3.63, 3.8) is 0 Å². The highest BCUT2D eigenvalue weighted by atomic mass is 16.5. The van der Waals surface area contributed by atoms with E-state index in [4.69, 9.17) is 9.72 Å². The zero-order valence-corrected chi connectivity index (χ0v) is 21.4. The number of morpholine rings is 1. The van der Waals surface area contributed by atoms with Gasteiger partial charge in [-0.1, -0.05) is 18.2 Å². The molecule has 4 aromatic rings. The van der Waals surface area contributed by atoms with Gasteiger partial charge in [-0.2, -0.15) is 0 Å². The fourth-order valence-corrected chi connectivity index (χ4v) is 5.34. The van der Waals surface area contributed by atoms with Gasteiger partial charge in [0.2, 0.25) is 0 Å². The average molecular weight is 507 g/mol. The SMILES string of the molecule is Cc1c(N2CCOCC2)nc2c(c1-c1cccc(C(=O)NCc3cccnc3)c1)CCN2c1ccncc1. The van der Waals surface area contributed by atoms with Crippen LogP contribution < -0.4 is 15.1 Å². The van der Waals surface area contributed by atoms with Crippen LogP contribution in [-0.4, -0.2) is 53.7 Å². The Bertz CT molecular complexity index is 1440. The van der Waals surface area contributed by atoms with Crippen LogP contribution in [0, 0.1) is 6.92 Å². The molecule has 8 heteroatoms. The molecule has 0 radical (unpaired) electrons. The fourth-order valence-electron chi connectivity index (χ4n) is 5.34. The van der Waals surface area contributed by atoms with Gasteiger partial charge in [0.15, 0.2) is 0 Å². The highest BCUT2D eigenvalue weighted by molar-refractivity contribution is 5.96. The number of ether oxygens (including phenoxy) is 1. The summed E-state index contributed by atoms with van der Waals surface area (Å²) >= 11 is 0. The lowest BCUT2D eigenvalue weighted by atomic mass is 9.93. The zero-order valence-electron chi connectivity index (χ0n) is 21.4. The predicted octanol–water partition coefficient (Wildman–Crippen LogP) is 4.31. The number of amides is 1. The number of hydrogen-bond acceptors (Lipinski definition) is 7. The van der Waals surface area contributed by atoms with Crippen molar-refractivity contribution in [1.82, 2.24) is 20.3 Å². The van der Waals surface area contributed by atoms with Gasteiger partial charge in [-0.3, -0.25) is 14.8 Å². The molecule has 8 nitrogen and oxygen atoms in total. The Morgan fingerprint density at radius 1 is 0.974 bits per heavy atom. The van der Waals surface area contributed by atoms with E-state index in [1.54, 1.807) is 12.4 Å². The van der Waals surface area contributed by atoms with Crippen LogP contribution in [0.5, 0.6) is 0 Å². The molecule has 0 bridgehead atoms. The summed E-state index contributed by atoms with van der Waals surface area (Å²) in [7, 11) is 0. The molecule has 0 unspecified atom stereocenters. The van der Waals surface area contributed by atoms with Crippen LogP contribution in [0.1, 0.15) is 27.0 Å². The summed E-state index contributed by atoms with van der Waals surface area (Å²) in [4.78, 5) is 31.2. The molecule has 1 saturated heterocycles. The maximum atomic E-state index is 13.1. The van der Waals surface area contributed by atoms with Gasteiger partial charge in [0.1, 0.15) is 11.6 Å². The van der Waals surface area contributed by atoms with Crippen molar-refractivity contribution in [1.29, 1.82) is 0 Å². The number of fused-ring (bicyclic) bond motifs is 1. The summed E-state index contributed by atoms with van der Waals surface area (Å²) in [5.74, 6) is 1.85. The summed E-state index contributed by atoms with van der Waals surface area (Å²) in [6.07, 6.45) is 8.01. The third-order valence-corrected chi connectivity index (χ3v) is 7.21. The van der Waals surface area contributed by atoms with Crippen molar-refractivity contribution in [2.24, 2.45) is 0 Å². The maximum Gasteiger partial charge on any atom is 0.251 e. The molecule has 0 saturated carbocycles. The van der Waals surface area contributed by atoms with Gasteiger partial charge in [-0.05, 0) is 65.9 Å². The molecule has 0 spiro atoms. The van der Waals surface area contributed by atoms with Crippen molar-refractivity contribution < 1.29 is 9.53 Å². The van der Waals surface area contributed by atoms with E-state index in [2.05, 4.69) is 38.1 Å². The monoisotopic (exact) mass is 506 g/mol. The van der Waals surface area contributed by atoms with E-state index in [0.29, 0.717) is 25.3 Å². The van der Waals surface area contributed by atoms with E-state index >= 15 is 0 Å². The Balaban J connectivity index is 1.40. The van der Waals surface area contributed by atoms with Crippen LogP contribution in [0.2, 0.25) is 0 Å². The number of nitrogens with zero attached hydrogens (tertiary/aromatic N) is 5. The standard InChI is InChI=1S/C30H30N6O2/c1-21-27(23-5-2-6-24(18-23)30(37)33-20-22-4-3-10-32-19-22)26-9-13-36(25-7-11-31-12-8-25)29(26)34-28(21)35-14-16-38-17-15-35/h2-8,10-12,18-19H,9,13-17,20H2,1H3,(H,33,37). The molecule has 1 N–H and O–H groups in total. The van der Waals surface area contributed by atoms with E-state index in [0.717, 1.165) is 65.6 Å². The zero-order chi connectivity index (χ0) is 25.9. The lowest BCUT2D eigenvalue weighted by molar-refractivity contribution is 0.0951. The molecule has 3 aromatic heterocycles. The number of benzene rings is 1. The van der Waals surface area contributed by atoms with E-state index in [9.17, 15) is 4.79 Å². The van der Waals surface area contributed by atoms with Gasteiger partial charge >= 0.3 is 0 Å². The number of aromatic nitrogens is 3. The minimum absolute atomic E-state index is 0.106. The van der Waals surface area contributed by atoms with Crippen molar-refractivity contribution in [3.8, 4) is 11.1 Å². The Morgan fingerprint density at radius 2 is 1.82 bits per heavy atom. The predicted molar refractivity (Wildman–Crippen MR) is 148 cm³/mol. The molecule has 1 aromatic carbocycles. The van der Waals surface area contributed by atoms with Gasteiger partial charge in [-0.15, -0.1) is 0 Å². The Morgan fingerprint density at radius 3 is 2.61 bits per heavy atom. The molecule has 0 atom stereocenters. The van der Waals surface area contributed by atoms with Crippen molar-refractivity contribution >= 4 is 23.2 Å². The number of hydrogen-bond donors (Lipinski definition) is 1. The third-order valence-electron chi connectivity index (χ3n) is 7.21. The van der Waals surface area contributed by atoms with Crippen molar-refractivity contribution in [3.05, 3.63) is 95.6 Å². The van der Waals surface area contributed by atoms with Gasteiger partial charge in [-0.25, -0.2) is 4.98 Å². The molecule has 1 amide bonds. The normalized spacial score (nSPS) is 14.9. The summed E-state index contributed by atoms with van der Waals surface area (Å²) in [6.45, 7) is 6.41. The summed E-state index contributed by atoms with van der Waals surface area (Å²) < 4.78 is 5.62. The number of carbonyl (C=O) groups is 1. The van der Waals surface area contributed by atoms with E-state index in [1.165, 1.54) is 5.56 Å². The highest BCUT2D eigenvalue weighted by Gasteiger charge is 2.30. The number of anilines is 3. The van der Waals surface area contributed by atoms with E-state index < -0.39 is 0 Å². The second kappa shape index (κ2) is 10.6. The molecular formula is C30H30N6O2. The second-order valence-corrected chi connectivity index (χ2v) is 9.57. The molecule has 6 rings (SSSR count). The minimum Gasteiger partial charge on any atom is -0.378 e. The van der Waals surface area contributed by atoms with E-state index in [-0.39, 0.29) is 5.91 Å². The maximum absolute atomic E-state index is 13.1. The average Bonchev–Trinajstić information content (AvgIpc) is 3.40. The number of pyridine rings is 3. The quantitative estimate of drug-likeness (QED) is 0.417. The molecule has 38 heavy (non-hydrogen) atoms. The molecule has 0 aliphatic carbocycles. The van der Waals surface area contributed by atoms with Gasteiger partial charge in [0, 0.05) is 67.8 Å². The summed E-state index contributed by atoms with van der Waals surface area (Å²) in [5.41, 5.74) is 7.22. The molecule has 1 fully saturated rings. The molecule has 192 valence electrons. The highest BCUT2D eigenvalue weighted by Crippen LogP contribution is 2.43. The third kappa shape index (κ3) is 4.70. The second-order valence-electron chi connectivity index (χ2n) is 9.57. The van der Waals surface area contributed by atoms with Crippen LogP contribution in [-0.2, 0) is 17.7 Å². The van der Waals surface area contributed by atoms with Crippen LogP contribution in [0.25, 0.3) is 11.1 Å². The topological polar surface area (TPSA) is 83.5 Å². The molecule has 2 aliphatic heterocycles. The van der Waals surface area contributed by atoms with Crippen molar-refractivity contribution in [2.45, 2.75) is 19.9 Å². The summed E-state index contributed by atoms with van der Waals surface area (Å²) in [6, 6.07) is 15.8. The smallest absolute Gasteiger partial charge is 0.251 e. The summed E-state index contributed by atoms with van der Waals surface area (Å²) in [5, 5.41) is 3.02. The van der Waals surface area contributed by atoms with Gasteiger partial charge in [0.05, 0.1) is 13.2 Å². The number of rotatable bonds is 6. The molecule has 5 heterocycles. The van der Waals surface area contributed by atoms with Gasteiger partial charge < -0.3 is 19.9 Å². The first kappa shape index (κ1) is 24.1. The first-order valence-corrected chi connectivity index (χ1v) is 13.0. The largest absolute Gasteiger partial charge is 0.378 e. The lowest BCUT2D eigenvalue weighted by Crippen LogP contribution is -2.37. The molecule has 2 aliphatic rings. The first-order valence-electron chi connectivity index (χ1n) is 13.0. The van der Waals surface area contributed by atoms with Crippen LogP contribution in [0.4, 0.5) is 17.3 Å². The lowest BCUT2D eigenvalue weighted by Gasteiger charge is -2.31. The minimum atomic E-state index is -0.106.